The topological polar surface area (TPSA) is 101 Å². The summed E-state index contributed by atoms with van der Waals surface area (Å²) < 4.78 is 1.64. The van der Waals surface area contributed by atoms with Gasteiger partial charge in [-0.2, -0.15) is 9.61 Å². The van der Waals surface area contributed by atoms with Crippen LogP contribution in [0.25, 0.3) is 16.9 Å². The van der Waals surface area contributed by atoms with Crippen molar-refractivity contribution in [1.29, 1.82) is 0 Å². The molecule has 30 heavy (non-hydrogen) atoms. The van der Waals surface area contributed by atoms with Crippen LogP contribution in [-0.2, 0) is 9.59 Å². The van der Waals surface area contributed by atoms with Crippen LogP contribution in [0.1, 0.15) is 6.92 Å². The van der Waals surface area contributed by atoms with Gasteiger partial charge in [0.05, 0.1) is 11.4 Å². The molecule has 0 saturated carbocycles. The number of aromatic nitrogens is 4. The number of benzene rings is 2. The highest BCUT2D eigenvalue weighted by molar-refractivity contribution is 7.99. The number of hydrogen-bond donors (Lipinski definition) is 2. The zero-order valence-electron chi connectivity index (χ0n) is 16.1. The number of carbonyl (C=O) groups is 2. The number of hydrogen-bond acceptors (Lipinski definition) is 6. The van der Waals surface area contributed by atoms with Crippen LogP contribution in [0.4, 0.5) is 11.4 Å². The SMILES string of the molecule is CC(=O)Nc1cccc(NC(=O)CSc2nnc3ccc(-c4ccccc4)nn23)c1. The number of nitrogens with zero attached hydrogens (tertiary/aromatic N) is 4. The van der Waals surface area contributed by atoms with Crippen LogP contribution in [0.15, 0.2) is 71.9 Å². The van der Waals surface area contributed by atoms with Crippen LogP contribution in [-0.4, -0.2) is 37.4 Å². The van der Waals surface area contributed by atoms with E-state index in [0.717, 1.165) is 11.3 Å². The first-order valence-electron chi connectivity index (χ1n) is 9.17. The highest BCUT2D eigenvalue weighted by Crippen LogP contribution is 2.21. The number of carbonyl (C=O) groups excluding carboxylic acids is 2. The van der Waals surface area contributed by atoms with E-state index in [1.807, 2.05) is 42.5 Å². The van der Waals surface area contributed by atoms with E-state index < -0.39 is 0 Å². The van der Waals surface area contributed by atoms with Gasteiger partial charge in [-0.05, 0) is 30.3 Å². The van der Waals surface area contributed by atoms with Crippen LogP contribution in [0, 0.1) is 0 Å². The second-order valence-corrected chi connectivity index (χ2v) is 7.38. The number of thioether (sulfide) groups is 1. The zero-order valence-corrected chi connectivity index (χ0v) is 16.9. The molecule has 2 heterocycles. The highest BCUT2D eigenvalue weighted by Gasteiger charge is 2.12. The molecule has 2 N–H and O–H groups in total. The fourth-order valence-corrected chi connectivity index (χ4v) is 3.51. The third-order valence-corrected chi connectivity index (χ3v) is 5.02. The predicted octanol–water partition coefficient (Wildman–Crippen LogP) is 3.48. The Labute approximate surface area is 176 Å². The lowest BCUT2D eigenvalue weighted by atomic mass is 10.1. The van der Waals surface area contributed by atoms with E-state index in [1.165, 1.54) is 18.7 Å². The molecule has 0 aliphatic heterocycles. The molecule has 2 aromatic heterocycles. The molecule has 2 aromatic carbocycles. The van der Waals surface area contributed by atoms with E-state index in [2.05, 4.69) is 25.9 Å². The molecule has 0 fully saturated rings. The molecule has 0 spiro atoms. The van der Waals surface area contributed by atoms with Gasteiger partial charge in [0.2, 0.25) is 17.0 Å². The Morgan fingerprint density at radius 2 is 1.70 bits per heavy atom. The van der Waals surface area contributed by atoms with Crippen LogP contribution in [0.3, 0.4) is 0 Å². The Morgan fingerprint density at radius 3 is 2.47 bits per heavy atom. The smallest absolute Gasteiger partial charge is 0.234 e. The first kappa shape index (κ1) is 19.6. The molecule has 0 radical (unpaired) electrons. The molecule has 0 saturated heterocycles. The van der Waals surface area contributed by atoms with Gasteiger partial charge >= 0.3 is 0 Å². The Balaban J connectivity index is 1.44. The summed E-state index contributed by atoms with van der Waals surface area (Å²) in [5, 5.41) is 18.9. The van der Waals surface area contributed by atoms with Crippen LogP contribution < -0.4 is 10.6 Å². The molecule has 0 bridgehead atoms. The van der Waals surface area contributed by atoms with Crippen molar-refractivity contribution in [3.63, 3.8) is 0 Å². The molecule has 8 nitrogen and oxygen atoms in total. The Bertz CT molecular complexity index is 1210. The summed E-state index contributed by atoms with van der Waals surface area (Å²) in [7, 11) is 0. The van der Waals surface area contributed by atoms with Crippen molar-refractivity contribution < 1.29 is 9.59 Å². The van der Waals surface area contributed by atoms with Gasteiger partial charge in [-0.25, -0.2) is 0 Å². The van der Waals surface area contributed by atoms with Crippen molar-refractivity contribution >= 4 is 40.6 Å². The maximum atomic E-state index is 12.4. The highest BCUT2D eigenvalue weighted by atomic mass is 32.2. The third kappa shape index (κ3) is 4.64. The van der Waals surface area contributed by atoms with Gasteiger partial charge < -0.3 is 10.6 Å². The molecule has 0 unspecified atom stereocenters. The molecular formula is C21H18N6O2S. The lowest BCUT2D eigenvalue weighted by Gasteiger charge is -2.07. The second-order valence-electron chi connectivity index (χ2n) is 6.44. The minimum atomic E-state index is -0.198. The van der Waals surface area contributed by atoms with E-state index >= 15 is 0 Å². The van der Waals surface area contributed by atoms with E-state index in [9.17, 15) is 9.59 Å². The molecule has 9 heteroatoms. The van der Waals surface area contributed by atoms with Crippen molar-refractivity contribution in [2.45, 2.75) is 12.1 Å². The Hall–Kier alpha value is -3.72. The minimum Gasteiger partial charge on any atom is -0.326 e. The third-order valence-electron chi connectivity index (χ3n) is 4.10. The molecule has 2 amide bonds. The van der Waals surface area contributed by atoms with Crippen LogP contribution >= 0.6 is 11.8 Å². The van der Waals surface area contributed by atoms with E-state index in [1.54, 1.807) is 28.8 Å². The number of rotatable bonds is 6. The molecule has 0 atom stereocenters. The van der Waals surface area contributed by atoms with E-state index in [4.69, 9.17) is 0 Å². The molecular weight excluding hydrogens is 400 g/mol. The van der Waals surface area contributed by atoms with Gasteiger partial charge in [0, 0.05) is 23.9 Å². The molecule has 4 rings (SSSR count). The van der Waals surface area contributed by atoms with Crippen molar-refractivity contribution in [1.82, 2.24) is 19.8 Å². The number of nitrogens with one attached hydrogen (secondary N) is 2. The van der Waals surface area contributed by atoms with Crippen molar-refractivity contribution in [2.75, 3.05) is 16.4 Å². The van der Waals surface area contributed by atoms with Crippen molar-refractivity contribution in [2.24, 2.45) is 0 Å². The van der Waals surface area contributed by atoms with Gasteiger partial charge in [0.15, 0.2) is 5.65 Å². The van der Waals surface area contributed by atoms with Crippen molar-refractivity contribution in [3.05, 3.63) is 66.7 Å². The number of amides is 2. The summed E-state index contributed by atoms with van der Waals surface area (Å²) in [6.07, 6.45) is 0. The standard InChI is InChI=1S/C21H18N6O2S/c1-14(28)22-16-8-5-9-17(12-16)23-20(29)13-30-21-25-24-19-11-10-18(26-27(19)21)15-6-3-2-4-7-15/h2-12H,13H2,1H3,(H,22,28)(H,23,29). The quantitative estimate of drug-likeness (QED) is 0.465. The summed E-state index contributed by atoms with van der Waals surface area (Å²) in [6, 6.07) is 20.5. The van der Waals surface area contributed by atoms with Gasteiger partial charge in [-0.15, -0.1) is 10.2 Å². The fraction of sp³-hybridized carbons (Fsp3) is 0.0952. The summed E-state index contributed by atoms with van der Waals surface area (Å²) in [4.78, 5) is 23.5. The second kappa shape index (κ2) is 8.75. The van der Waals surface area contributed by atoms with Gasteiger partial charge in [-0.1, -0.05) is 48.2 Å². The minimum absolute atomic E-state index is 0.141. The van der Waals surface area contributed by atoms with E-state index in [0.29, 0.717) is 22.2 Å². The molecule has 4 aromatic rings. The predicted molar refractivity (Wildman–Crippen MR) is 116 cm³/mol. The molecule has 0 aliphatic carbocycles. The summed E-state index contributed by atoms with van der Waals surface area (Å²) in [5.74, 6) is -0.228. The van der Waals surface area contributed by atoms with Crippen LogP contribution in [0.2, 0.25) is 0 Å². The van der Waals surface area contributed by atoms with Crippen molar-refractivity contribution in [3.8, 4) is 11.3 Å². The first-order valence-corrected chi connectivity index (χ1v) is 10.2. The van der Waals surface area contributed by atoms with E-state index in [-0.39, 0.29) is 17.6 Å². The maximum Gasteiger partial charge on any atom is 0.234 e. The Kier molecular flexibility index (Phi) is 5.71. The molecule has 0 aliphatic rings. The Morgan fingerprint density at radius 1 is 0.933 bits per heavy atom. The van der Waals surface area contributed by atoms with Crippen LogP contribution in [0.5, 0.6) is 0 Å². The first-order chi connectivity index (χ1) is 14.6. The summed E-state index contributed by atoms with van der Waals surface area (Å²) in [6.45, 7) is 1.43. The number of fused-ring (bicyclic) bond motifs is 1. The van der Waals surface area contributed by atoms with Gasteiger partial charge in [0.1, 0.15) is 0 Å². The van der Waals surface area contributed by atoms with Gasteiger partial charge in [0.25, 0.3) is 0 Å². The average molecular weight is 418 g/mol. The maximum absolute atomic E-state index is 12.4. The summed E-state index contributed by atoms with van der Waals surface area (Å²) >= 11 is 1.25. The molecule has 150 valence electrons. The average Bonchev–Trinajstić information content (AvgIpc) is 3.15. The fourth-order valence-electron chi connectivity index (χ4n) is 2.83. The monoisotopic (exact) mass is 418 g/mol. The largest absolute Gasteiger partial charge is 0.326 e. The summed E-state index contributed by atoms with van der Waals surface area (Å²) in [5.41, 5.74) is 3.61. The lowest BCUT2D eigenvalue weighted by Crippen LogP contribution is -2.15. The lowest BCUT2D eigenvalue weighted by molar-refractivity contribution is -0.114. The zero-order chi connectivity index (χ0) is 20.9. The normalized spacial score (nSPS) is 10.7. The number of anilines is 2. The van der Waals surface area contributed by atoms with Gasteiger partial charge in [-0.3, -0.25) is 9.59 Å².